The SMILES string of the molecule is O=C(CNC(=O)c1ccccc1)Nc1nnc(-c2ccccc2Cl)s1. The number of hydrogen-bond donors (Lipinski definition) is 2. The molecule has 0 bridgehead atoms. The summed E-state index contributed by atoms with van der Waals surface area (Å²) in [5.74, 6) is -0.698. The van der Waals surface area contributed by atoms with Crippen molar-refractivity contribution in [1.82, 2.24) is 15.5 Å². The smallest absolute Gasteiger partial charge is 0.251 e. The summed E-state index contributed by atoms with van der Waals surface area (Å²) in [5, 5.41) is 14.6. The van der Waals surface area contributed by atoms with E-state index in [1.165, 1.54) is 11.3 Å². The van der Waals surface area contributed by atoms with Crippen molar-refractivity contribution in [3.63, 3.8) is 0 Å². The number of carbonyl (C=O) groups excluding carboxylic acids is 2. The molecule has 0 saturated heterocycles. The molecule has 0 aliphatic rings. The van der Waals surface area contributed by atoms with E-state index in [1.54, 1.807) is 30.3 Å². The molecule has 0 saturated carbocycles. The Balaban J connectivity index is 1.57. The quantitative estimate of drug-likeness (QED) is 0.720. The lowest BCUT2D eigenvalue weighted by Crippen LogP contribution is -2.32. The van der Waals surface area contributed by atoms with E-state index in [0.717, 1.165) is 5.56 Å². The number of nitrogens with one attached hydrogen (secondary N) is 2. The van der Waals surface area contributed by atoms with Crippen LogP contribution in [0.4, 0.5) is 5.13 Å². The molecule has 3 aromatic rings. The molecule has 0 radical (unpaired) electrons. The Morgan fingerprint density at radius 3 is 2.48 bits per heavy atom. The highest BCUT2D eigenvalue weighted by molar-refractivity contribution is 7.18. The molecule has 6 nitrogen and oxygen atoms in total. The average Bonchev–Trinajstić information content (AvgIpc) is 3.09. The van der Waals surface area contributed by atoms with Gasteiger partial charge in [0.25, 0.3) is 5.91 Å². The third-order valence-electron chi connectivity index (χ3n) is 3.22. The van der Waals surface area contributed by atoms with Gasteiger partial charge in [0, 0.05) is 11.1 Å². The Kier molecular flexibility index (Phi) is 5.37. The van der Waals surface area contributed by atoms with Crippen LogP contribution in [0.15, 0.2) is 54.6 Å². The van der Waals surface area contributed by atoms with Gasteiger partial charge in [-0.05, 0) is 18.2 Å². The zero-order valence-electron chi connectivity index (χ0n) is 12.9. The highest BCUT2D eigenvalue weighted by Gasteiger charge is 2.12. The predicted octanol–water partition coefficient (Wildman–Crippen LogP) is 3.23. The fourth-order valence-corrected chi connectivity index (χ4v) is 3.11. The number of amides is 2. The minimum Gasteiger partial charge on any atom is -0.343 e. The highest BCUT2D eigenvalue weighted by Crippen LogP contribution is 2.31. The molecule has 0 aliphatic heterocycles. The first-order chi connectivity index (χ1) is 12.1. The summed E-state index contributed by atoms with van der Waals surface area (Å²) in [7, 11) is 0. The summed E-state index contributed by atoms with van der Waals surface area (Å²) in [6.45, 7) is -0.158. The van der Waals surface area contributed by atoms with E-state index in [9.17, 15) is 9.59 Å². The predicted molar refractivity (Wildman–Crippen MR) is 97.8 cm³/mol. The molecule has 1 heterocycles. The van der Waals surface area contributed by atoms with Crippen molar-refractivity contribution in [2.45, 2.75) is 0 Å². The molecule has 3 rings (SSSR count). The van der Waals surface area contributed by atoms with Crippen molar-refractivity contribution in [3.05, 3.63) is 65.2 Å². The zero-order valence-corrected chi connectivity index (χ0v) is 14.5. The number of hydrogen-bond acceptors (Lipinski definition) is 5. The fourth-order valence-electron chi connectivity index (χ4n) is 2.03. The standard InChI is InChI=1S/C17H13ClN4O2S/c18-13-9-5-4-8-12(13)16-21-22-17(25-16)20-14(23)10-19-15(24)11-6-2-1-3-7-11/h1-9H,10H2,(H,19,24)(H,20,22,23). The monoisotopic (exact) mass is 372 g/mol. The molecule has 126 valence electrons. The van der Waals surface area contributed by atoms with E-state index < -0.39 is 0 Å². The van der Waals surface area contributed by atoms with Gasteiger partial charge in [0.05, 0.1) is 11.6 Å². The highest BCUT2D eigenvalue weighted by atomic mass is 35.5. The lowest BCUT2D eigenvalue weighted by molar-refractivity contribution is -0.115. The zero-order chi connectivity index (χ0) is 17.6. The Hall–Kier alpha value is -2.77. The van der Waals surface area contributed by atoms with Gasteiger partial charge in [0.2, 0.25) is 11.0 Å². The molecule has 2 aromatic carbocycles. The van der Waals surface area contributed by atoms with Gasteiger partial charge in [-0.25, -0.2) is 0 Å². The van der Waals surface area contributed by atoms with Gasteiger partial charge in [-0.3, -0.25) is 14.9 Å². The third-order valence-corrected chi connectivity index (χ3v) is 4.42. The molecule has 25 heavy (non-hydrogen) atoms. The van der Waals surface area contributed by atoms with E-state index in [-0.39, 0.29) is 18.4 Å². The van der Waals surface area contributed by atoms with E-state index in [1.807, 2.05) is 24.3 Å². The van der Waals surface area contributed by atoms with E-state index in [2.05, 4.69) is 20.8 Å². The molecule has 0 aliphatic carbocycles. The topological polar surface area (TPSA) is 84.0 Å². The summed E-state index contributed by atoms with van der Waals surface area (Å²) in [5.41, 5.74) is 1.24. The first-order valence-electron chi connectivity index (χ1n) is 7.35. The van der Waals surface area contributed by atoms with E-state index >= 15 is 0 Å². The molecule has 2 amide bonds. The molecule has 0 fully saturated rings. The van der Waals surface area contributed by atoms with Crippen molar-refractivity contribution in [2.24, 2.45) is 0 Å². The maximum absolute atomic E-state index is 11.9. The second kappa shape index (κ2) is 7.87. The fraction of sp³-hybridized carbons (Fsp3) is 0.0588. The maximum Gasteiger partial charge on any atom is 0.251 e. The molecular formula is C17H13ClN4O2S. The van der Waals surface area contributed by atoms with Crippen molar-refractivity contribution in [1.29, 1.82) is 0 Å². The van der Waals surface area contributed by atoms with Crippen molar-refractivity contribution >= 4 is 39.9 Å². The Morgan fingerprint density at radius 1 is 1.00 bits per heavy atom. The number of rotatable bonds is 5. The number of anilines is 1. The largest absolute Gasteiger partial charge is 0.343 e. The lowest BCUT2D eigenvalue weighted by atomic mass is 10.2. The van der Waals surface area contributed by atoms with Gasteiger partial charge in [-0.1, -0.05) is 59.3 Å². The van der Waals surface area contributed by atoms with Gasteiger partial charge in [0.1, 0.15) is 0 Å². The number of halogens is 1. The van der Waals surface area contributed by atoms with Gasteiger partial charge in [0.15, 0.2) is 5.01 Å². The summed E-state index contributed by atoms with van der Waals surface area (Å²) in [6.07, 6.45) is 0. The van der Waals surface area contributed by atoms with Crippen LogP contribution in [0, 0.1) is 0 Å². The van der Waals surface area contributed by atoms with Crippen LogP contribution in [0.5, 0.6) is 0 Å². The maximum atomic E-state index is 11.9. The van der Waals surface area contributed by atoms with Crippen LogP contribution in [-0.4, -0.2) is 28.6 Å². The second-order valence-electron chi connectivity index (χ2n) is 4.99. The van der Waals surface area contributed by atoms with Crippen LogP contribution in [0.2, 0.25) is 5.02 Å². The number of carbonyl (C=O) groups is 2. The average molecular weight is 373 g/mol. The minimum absolute atomic E-state index is 0.158. The minimum atomic E-state index is -0.383. The van der Waals surface area contributed by atoms with Crippen molar-refractivity contribution in [3.8, 4) is 10.6 Å². The molecular weight excluding hydrogens is 360 g/mol. The molecule has 1 aromatic heterocycles. The Morgan fingerprint density at radius 2 is 1.72 bits per heavy atom. The molecule has 0 unspecified atom stereocenters. The Bertz CT molecular complexity index is 898. The normalized spacial score (nSPS) is 10.3. The van der Waals surface area contributed by atoms with Gasteiger partial charge >= 0.3 is 0 Å². The summed E-state index contributed by atoms with van der Waals surface area (Å²) in [6, 6.07) is 15.9. The Labute approximate surface area is 152 Å². The summed E-state index contributed by atoms with van der Waals surface area (Å²) < 4.78 is 0. The number of nitrogens with zero attached hydrogens (tertiary/aromatic N) is 2. The lowest BCUT2D eigenvalue weighted by Gasteiger charge is -2.04. The number of benzene rings is 2. The van der Waals surface area contributed by atoms with Gasteiger partial charge in [-0.15, -0.1) is 10.2 Å². The molecule has 2 N–H and O–H groups in total. The van der Waals surface area contributed by atoms with E-state index in [0.29, 0.717) is 20.7 Å². The first kappa shape index (κ1) is 17.1. The van der Waals surface area contributed by atoms with Gasteiger partial charge in [-0.2, -0.15) is 0 Å². The van der Waals surface area contributed by atoms with Crippen LogP contribution in [0.25, 0.3) is 10.6 Å². The van der Waals surface area contributed by atoms with Crippen LogP contribution in [-0.2, 0) is 4.79 Å². The number of aromatic nitrogens is 2. The van der Waals surface area contributed by atoms with Crippen LogP contribution in [0.1, 0.15) is 10.4 Å². The summed E-state index contributed by atoms with van der Waals surface area (Å²) >= 11 is 7.33. The molecule has 0 spiro atoms. The van der Waals surface area contributed by atoms with Crippen LogP contribution in [0.3, 0.4) is 0 Å². The van der Waals surface area contributed by atoms with Crippen LogP contribution < -0.4 is 10.6 Å². The van der Waals surface area contributed by atoms with E-state index in [4.69, 9.17) is 11.6 Å². The van der Waals surface area contributed by atoms with Crippen LogP contribution >= 0.6 is 22.9 Å². The summed E-state index contributed by atoms with van der Waals surface area (Å²) in [4.78, 5) is 23.8. The van der Waals surface area contributed by atoms with Crippen molar-refractivity contribution < 1.29 is 9.59 Å². The second-order valence-corrected chi connectivity index (χ2v) is 6.37. The first-order valence-corrected chi connectivity index (χ1v) is 8.54. The van der Waals surface area contributed by atoms with Crippen molar-refractivity contribution in [2.75, 3.05) is 11.9 Å². The molecule has 8 heteroatoms. The molecule has 0 atom stereocenters. The third kappa shape index (κ3) is 4.40. The van der Waals surface area contributed by atoms with Gasteiger partial charge < -0.3 is 5.32 Å².